The number of hydrogen-bond acceptors (Lipinski definition) is 3. The molecule has 0 aliphatic rings. The minimum atomic E-state index is -2.99. The van der Waals surface area contributed by atoms with Gasteiger partial charge in [-0.2, -0.15) is 0 Å². The Kier molecular flexibility index (Phi) is 4.63. The van der Waals surface area contributed by atoms with Crippen molar-refractivity contribution in [3.63, 3.8) is 0 Å². The second-order valence-electron chi connectivity index (χ2n) is 2.59. The molecule has 0 rings (SSSR count). The summed E-state index contributed by atoms with van der Waals surface area (Å²) in [5.74, 6) is 0.206. The van der Waals surface area contributed by atoms with E-state index in [1.54, 1.807) is 0 Å². The summed E-state index contributed by atoms with van der Waals surface area (Å²) in [6.07, 6.45) is 1.42. The summed E-state index contributed by atoms with van der Waals surface area (Å²) in [6, 6.07) is 0. The summed E-state index contributed by atoms with van der Waals surface area (Å²) in [6.45, 7) is 0.558. The van der Waals surface area contributed by atoms with Crippen LogP contribution in [0.5, 0.6) is 0 Å². The number of hydrogen-bond donors (Lipinski definition) is 1. The van der Waals surface area contributed by atoms with E-state index in [9.17, 15) is 8.42 Å². The Bertz CT molecular complexity index is 187. The largest absolute Gasteiger partial charge is 0.330 e. The third kappa shape index (κ3) is 4.34. The highest BCUT2D eigenvalue weighted by Gasteiger charge is 2.11. The fraction of sp³-hybridized carbons (Fsp3) is 1.00. The molecular weight excluding hydrogens is 164 g/mol. The van der Waals surface area contributed by atoms with Gasteiger partial charge in [0.2, 0.25) is 10.0 Å². The van der Waals surface area contributed by atoms with Gasteiger partial charge < -0.3 is 5.73 Å². The van der Waals surface area contributed by atoms with Crippen molar-refractivity contribution in [1.82, 2.24) is 4.31 Å². The highest BCUT2D eigenvalue weighted by atomic mass is 32.2. The SMILES string of the molecule is CN(C)S(=O)(=O)CCCCN. The van der Waals surface area contributed by atoms with Crippen LogP contribution in [0, 0.1) is 0 Å². The van der Waals surface area contributed by atoms with E-state index in [0.29, 0.717) is 13.0 Å². The van der Waals surface area contributed by atoms with Crippen LogP contribution in [0.25, 0.3) is 0 Å². The van der Waals surface area contributed by atoms with Crippen LogP contribution >= 0.6 is 0 Å². The van der Waals surface area contributed by atoms with Gasteiger partial charge in [-0.15, -0.1) is 0 Å². The molecular formula is C6H16N2O2S. The maximum absolute atomic E-state index is 11.1. The van der Waals surface area contributed by atoms with Crippen molar-refractivity contribution < 1.29 is 8.42 Å². The van der Waals surface area contributed by atoms with E-state index >= 15 is 0 Å². The molecule has 68 valence electrons. The first-order chi connectivity index (χ1) is 5.00. The second kappa shape index (κ2) is 4.69. The Hall–Kier alpha value is -0.130. The van der Waals surface area contributed by atoms with Gasteiger partial charge in [0.15, 0.2) is 0 Å². The van der Waals surface area contributed by atoms with Gasteiger partial charge >= 0.3 is 0 Å². The van der Waals surface area contributed by atoms with Crippen LogP contribution in [-0.2, 0) is 10.0 Å². The summed E-state index contributed by atoms with van der Waals surface area (Å²) < 4.78 is 23.4. The molecule has 2 N–H and O–H groups in total. The summed E-state index contributed by atoms with van der Waals surface area (Å²) in [5, 5.41) is 0. The highest BCUT2D eigenvalue weighted by Crippen LogP contribution is 1.98. The molecule has 0 saturated carbocycles. The van der Waals surface area contributed by atoms with Gasteiger partial charge in [-0.3, -0.25) is 0 Å². The van der Waals surface area contributed by atoms with E-state index in [1.807, 2.05) is 0 Å². The Morgan fingerprint density at radius 1 is 1.27 bits per heavy atom. The lowest BCUT2D eigenvalue weighted by Gasteiger charge is -2.09. The van der Waals surface area contributed by atoms with Crippen LogP contribution in [-0.4, -0.2) is 39.1 Å². The van der Waals surface area contributed by atoms with E-state index in [2.05, 4.69) is 0 Å². The van der Waals surface area contributed by atoms with Crippen molar-refractivity contribution in [2.75, 3.05) is 26.4 Å². The van der Waals surface area contributed by atoms with Gasteiger partial charge in [0.05, 0.1) is 5.75 Å². The van der Waals surface area contributed by atoms with Crippen molar-refractivity contribution in [1.29, 1.82) is 0 Å². The number of rotatable bonds is 5. The Balaban J connectivity index is 3.75. The normalized spacial score (nSPS) is 12.4. The van der Waals surface area contributed by atoms with E-state index in [0.717, 1.165) is 6.42 Å². The fourth-order valence-corrected chi connectivity index (χ4v) is 1.55. The number of unbranched alkanes of at least 4 members (excludes halogenated alkanes) is 1. The molecule has 0 amide bonds. The molecule has 11 heavy (non-hydrogen) atoms. The molecule has 4 nitrogen and oxygen atoms in total. The lowest BCUT2D eigenvalue weighted by Crippen LogP contribution is -2.25. The third-order valence-electron chi connectivity index (χ3n) is 1.41. The first-order valence-corrected chi connectivity index (χ1v) is 5.22. The van der Waals surface area contributed by atoms with Crippen LogP contribution in [0.15, 0.2) is 0 Å². The quantitative estimate of drug-likeness (QED) is 0.586. The van der Waals surface area contributed by atoms with Crippen LogP contribution < -0.4 is 5.73 Å². The zero-order valence-electron chi connectivity index (χ0n) is 7.08. The third-order valence-corrected chi connectivity index (χ3v) is 3.33. The second-order valence-corrected chi connectivity index (χ2v) is 4.90. The average molecular weight is 180 g/mol. The van der Waals surface area contributed by atoms with Crippen LogP contribution in [0.2, 0.25) is 0 Å². The van der Waals surface area contributed by atoms with Gasteiger partial charge in [0.1, 0.15) is 0 Å². The molecule has 0 saturated heterocycles. The molecule has 0 radical (unpaired) electrons. The zero-order valence-corrected chi connectivity index (χ0v) is 7.89. The molecule has 0 spiro atoms. The topological polar surface area (TPSA) is 63.4 Å². The van der Waals surface area contributed by atoms with Gasteiger partial charge in [-0.05, 0) is 19.4 Å². The molecule has 0 atom stereocenters. The first-order valence-electron chi connectivity index (χ1n) is 3.61. The van der Waals surface area contributed by atoms with Gasteiger partial charge in [0.25, 0.3) is 0 Å². The summed E-state index contributed by atoms with van der Waals surface area (Å²) in [7, 11) is 0.0863. The Morgan fingerprint density at radius 3 is 2.18 bits per heavy atom. The molecule has 0 bridgehead atoms. The molecule has 0 aliphatic heterocycles. The fourth-order valence-electron chi connectivity index (χ4n) is 0.611. The van der Waals surface area contributed by atoms with Crippen LogP contribution in [0.3, 0.4) is 0 Å². The molecule has 0 aromatic heterocycles. The van der Waals surface area contributed by atoms with Crippen molar-refractivity contribution in [3.05, 3.63) is 0 Å². The molecule has 0 heterocycles. The van der Waals surface area contributed by atoms with Gasteiger partial charge in [0, 0.05) is 14.1 Å². The number of sulfonamides is 1. The Labute approximate surface area is 68.4 Å². The molecule has 0 fully saturated rings. The number of nitrogens with two attached hydrogens (primary N) is 1. The van der Waals surface area contributed by atoms with Crippen molar-refractivity contribution in [2.24, 2.45) is 5.73 Å². The lowest BCUT2D eigenvalue weighted by molar-refractivity contribution is 0.517. The zero-order chi connectivity index (χ0) is 8.91. The highest BCUT2D eigenvalue weighted by molar-refractivity contribution is 7.89. The average Bonchev–Trinajstić information content (AvgIpc) is 1.88. The van der Waals surface area contributed by atoms with E-state index in [1.165, 1.54) is 18.4 Å². The molecule has 0 unspecified atom stereocenters. The molecule has 0 aliphatic carbocycles. The maximum atomic E-state index is 11.1. The predicted molar refractivity (Wildman–Crippen MR) is 45.8 cm³/mol. The Morgan fingerprint density at radius 2 is 1.82 bits per heavy atom. The predicted octanol–water partition coefficient (Wildman–Crippen LogP) is -0.383. The molecule has 5 heteroatoms. The van der Waals surface area contributed by atoms with Gasteiger partial charge in [-0.1, -0.05) is 0 Å². The minimum Gasteiger partial charge on any atom is -0.330 e. The lowest BCUT2D eigenvalue weighted by atomic mass is 10.3. The van der Waals surface area contributed by atoms with E-state index in [4.69, 9.17) is 5.73 Å². The van der Waals surface area contributed by atoms with Crippen molar-refractivity contribution in [3.8, 4) is 0 Å². The van der Waals surface area contributed by atoms with Crippen LogP contribution in [0.4, 0.5) is 0 Å². The van der Waals surface area contributed by atoms with Gasteiger partial charge in [-0.25, -0.2) is 12.7 Å². The standard InChI is InChI=1S/C6H16N2O2S/c1-8(2)11(9,10)6-4-3-5-7/h3-7H2,1-2H3. The first kappa shape index (κ1) is 10.9. The maximum Gasteiger partial charge on any atom is 0.213 e. The van der Waals surface area contributed by atoms with Crippen LogP contribution in [0.1, 0.15) is 12.8 Å². The van der Waals surface area contributed by atoms with Crippen molar-refractivity contribution in [2.45, 2.75) is 12.8 Å². The summed E-state index contributed by atoms with van der Waals surface area (Å²) >= 11 is 0. The summed E-state index contributed by atoms with van der Waals surface area (Å²) in [5.41, 5.74) is 5.23. The smallest absolute Gasteiger partial charge is 0.213 e. The monoisotopic (exact) mass is 180 g/mol. The number of nitrogens with zero attached hydrogens (tertiary/aromatic N) is 1. The molecule has 0 aromatic rings. The minimum absolute atomic E-state index is 0.206. The van der Waals surface area contributed by atoms with E-state index in [-0.39, 0.29) is 5.75 Å². The van der Waals surface area contributed by atoms with E-state index < -0.39 is 10.0 Å². The van der Waals surface area contributed by atoms with Crippen molar-refractivity contribution >= 4 is 10.0 Å². The molecule has 0 aromatic carbocycles. The summed E-state index contributed by atoms with van der Waals surface area (Å²) in [4.78, 5) is 0.